The maximum absolute atomic E-state index is 12.2. The molecule has 3 unspecified atom stereocenters. The summed E-state index contributed by atoms with van der Waals surface area (Å²) in [6.45, 7) is 8.82. The van der Waals surface area contributed by atoms with Crippen molar-refractivity contribution in [2.75, 3.05) is 19.7 Å². The molecule has 0 aromatic carbocycles. The van der Waals surface area contributed by atoms with Gasteiger partial charge in [0.15, 0.2) is 0 Å². The second-order valence-electron chi connectivity index (χ2n) is 6.19. The number of aliphatic hydroxyl groups is 1. The maximum atomic E-state index is 12.2. The average Bonchev–Trinajstić information content (AvgIpc) is 2.37. The lowest BCUT2D eigenvalue weighted by molar-refractivity contribution is -0.135. The second-order valence-corrected chi connectivity index (χ2v) is 6.19. The van der Waals surface area contributed by atoms with Gasteiger partial charge in [-0.3, -0.25) is 4.79 Å². The van der Waals surface area contributed by atoms with Crippen LogP contribution in [0.1, 0.15) is 40.5 Å². The number of nitrogens with zero attached hydrogens (tertiary/aromatic N) is 1. The van der Waals surface area contributed by atoms with Gasteiger partial charge < -0.3 is 20.1 Å². The Kier molecular flexibility index (Phi) is 6.95. The van der Waals surface area contributed by atoms with Gasteiger partial charge in [0.25, 0.3) is 0 Å². The Morgan fingerprint density at radius 2 is 2.00 bits per heavy atom. The fraction of sp³-hybridized carbons (Fsp3) is 0.867. The topological polar surface area (TPSA) is 78.9 Å². The Morgan fingerprint density at radius 1 is 1.33 bits per heavy atom. The highest BCUT2D eigenvalue weighted by Crippen LogP contribution is 2.21. The van der Waals surface area contributed by atoms with E-state index in [9.17, 15) is 14.7 Å². The summed E-state index contributed by atoms with van der Waals surface area (Å²) in [5.41, 5.74) is 0. The number of rotatable bonds is 5. The smallest absolute Gasteiger partial charge is 0.407 e. The van der Waals surface area contributed by atoms with Gasteiger partial charge in [0.05, 0.1) is 18.8 Å². The van der Waals surface area contributed by atoms with Crippen LogP contribution >= 0.6 is 0 Å². The van der Waals surface area contributed by atoms with Crippen molar-refractivity contribution in [2.24, 2.45) is 11.8 Å². The number of hydrogen-bond acceptors (Lipinski definition) is 4. The molecule has 0 saturated carbocycles. The number of hydrogen-bond donors (Lipinski definition) is 2. The van der Waals surface area contributed by atoms with Gasteiger partial charge in [0, 0.05) is 25.4 Å². The number of carbonyl (C=O) groups is 2. The van der Waals surface area contributed by atoms with Gasteiger partial charge in [-0.25, -0.2) is 4.79 Å². The van der Waals surface area contributed by atoms with E-state index in [0.29, 0.717) is 38.5 Å². The third-order valence-electron chi connectivity index (χ3n) is 3.70. The molecule has 0 aromatic heterocycles. The third-order valence-corrected chi connectivity index (χ3v) is 3.70. The highest BCUT2D eigenvalue weighted by Gasteiger charge is 2.33. The minimum Gasteiger partial charge on any atom is -0.450 e. The van der Waals surface area contributed by atoms with E-state index in [1.54, 1.807) is 18.7 Å². The lowest BCUT2D eigenvalue weighted by Crippen LogP contribution is -2.54. The van der Waals surface area contributed by atoms with Gasteiger partial charge in [-0.15, -0.1) is 0 Å². The van der Waals surface area contributed by atoms with E-state index in [2.05, 4.69) is 5.32 Å². The number of alkyl carbamates (subject to hydrolysis) is 1. The van der Waals surface area contributed by atoms with Crippen LogP contribution in [0.5, 0.6) is 0 Å². The second kappa shape index (κ2) is 8.22. The highest BCUT2D eigenvalue weighted by molar-refractivity contribution is 5.76. The number of nitrogens with one attached hydrogen (secondary N) is 1. The quantitative estimate of drug-likeness (QED) is 0.804. The standard InChI is InChI=1S/C15H28N2O4/c1-5-21-15(20)16-13-7-12(11(4)18)8-17(9-13)14(19)6-10(2)3/h10-13,18H,5-9H2,1-4H3,(H,16,20). The Hall–Kier alpha value is -1.30. The number of piperidine rings is 1. The lowest BCUT2D eigenvalue weighted by atomic mass is 9.90. The average molecular weight is 300 g/mol. The molecule has 1 rings (SSSR count). The van der Waals surface area contributed by atoms with Gasteiger partial charge in [-0.1, -0.05) is 13.8 Å². The molecular formula is C15H28N2O4. The predicted molar refractivity (Wildman–Crippen MR) is 79.8 cm³/mol. The van der Waals surface area contributed by atoms with Gasteiger partial charge >= 0.3 is 6.09 Å². The first-order valence-corrected chi connectivity index (χ1v) is 7.72. The predicted octanol–water partition coefficient (Wildman–Crippen LogP) is 1.38. The Bertz CT molecular complexity index is 358. The molecule has 0 radical (unpaired) electrons. The summed E-state index contributed by atoms with van der Waals surface area (Å²) in [5.74, 6) is 0.341. The van der Waals surface area contributed by atoms with Crippen molar-refractivity contribution in [2.45, 2.75) is 52.7 Å². The molecule has 2 amide bonds. The van der Waals surface area contributed by atoms with E-state index in [1.807, 2.05) is 13.8 Å². The van der Waals surface area contributed by atoms with Crippen molar-refractivity contribution in [3.05, 3.63) is 0 Å². The zero-order chi connectivity index (χ0) is 16.0. The molecular weight excluding hydrogens is 272 g/mol. The van der Waals surface area contributed by atoms with Crippen molar-refractivity contribution in [3.8, 4) is 0 Å². The summed E-state index contributed by atoms with van der Waals surface area (Å²) in [6, 6.07) is -0.173. The van der Waals surface area contributed by atoms with Crippen LogP contribution in [0.3, 0.4) is 0 Å². The van der Waals surface area contributed by atoms with Gasteiger partial charge in [-0.05, 0) is 26.2 Å². The van der Waals surface area contributed by atoms with Crippen molar-refractivity contribution in [3.63, 3.8) is 0 Å². The maximum Gasteiger partial charge on any atom is 0.407 e. The zero-order valence-corrected chi connectivity index (χ0v) is 13.5. The number of carbonyl (C=O) groups excluding carboxylic acids is 2. The number of ether oxygens (including phenoxy) is 1. The van der Waals surface area contributed by atoms with E-state index >= 15 is 0 Å². The molecule has 122 valence electrons. The molecule has 1 aliphatic heterocycles. The molecule has 0 spiro atoms. The minimum atomic E-state index is -0.508. The van der Waals surface area contributed by atoms with E-state index in [0.717, 1.165) is 0 Å². The molecule has 1 saturated heterocycles. The van der Waals surface area contributed by atoms with Crippen LogP contribution in [0, 0.1) is 11.8 Å². The van der Waals surface area contributed by atoms with E-state index in [1.165, 1.54) is 0 Å². The number of amides is 2. The molecule has 1 aliphatic rings. The first-order valence-electron chi connectivity index (χ1n) is 7.72. The van der Waals surface area contributed by atoms with E-state index in [4.69, 9.17) is 4.74 Å². The Morgan fingerprint density at radius 3 is 2.52 bits per heavy atom. The van der Waals surface area contributed by atoms with Crippen molar-refractivity contribution < 1.29 is 19.4 Å². The van der Waals surface area contributed by atoms with Crippen molar-refractivity contribution in [1.82, 2.24) is 10.2 Å². The summed E-state index contributed by atoms with van der Waals surface area (Å²) in [5, 5.41) is 12.6. The molecule has 1 heterocycles. The molecule has 3 atom stereocenters. The van der Waals surface area contributed by atoms with Gasteiger partial charge in [0.2, 0.25) is 5.91 Å². The SMILES string of the molecule is CCOC(=O)NC1CC(C(C)O)CN(C(=O)CC(C)C)C1. The highest BCUT2D eigenvalue weighted by atomic mass is 16.5. The molecule has 0 bridgehead atoms. The molecule has 21 heavy (non-hydrogen) atoms. The summed E-state index contributed by atoms with van der Waals surface area (Å²) < 4.78 is 4.88. The van der Waals surface area contributed by atoms with Crippen LogP contribution in [-0.4, -0.2) is 53.8 Å². The first kappa shape index (κ1) is 17.8. The summed E-state index contributed by atoms with van der Waals surface area (Å²) in [4.78, 5) is 25.5. The van der Waals surface area contributed by atoms with E-state index in [-0.39, 0.29) is 17.9 Å². The van der Waals surface area contributed by atoms with Crippen LogP contribution < -0.4 is 5.32 Å². The van der Waals surface area contributed by atoms with Crippen molar-refractivity contribution in [1.29, 1.82) is 0 Å². The third kappa shape index (κ3) is 5.91. The summed E-state index contributed by atoms with van der Waals surface area (Å²) >= 11 is 0. The minimum absolute atomic E-state index is 0.0261. The van der Waals surface area contributed by atoms with Crippen LogP contribution in [-0.2, 0) is 9.53 Å². The molecule has 6 heteroatoms. The summed E-state index contributed by atoms with van der Waals surface area (Å²) in [7, 11) is 0. The lowest BCUT2D eigenvalue weighted by Gasteiger charge is -2.39. The molecule has 0 aliphatic carbocycles. The largest absolute Gasteiger partial charge is 0.450 e. The fourth-order valence-corrected chi connectivity index (χ4v) is 2.61. The van der Waals surface area contributed by atoms with E-state index < -0.39 is 12.2 Å². The fourth-order valence-electron chi connectivity index (χ4n) is 2.61. The first-order chi connectivity index (χ1) is 9.83. The van der Waals surface area contributed by atoms with Crippen LogP contribution in [0.2, 0.25) is 0 Å². The normalized spacial score (nSPS) is 23.8. The Balaban J connectivity index is 2.68. The Labute approximate surface area is 126 Å². The van der Waals surface area contributed by atoms with Gasteiger partial charge in [0.1, 0.15) is 0 Å². The molecule has 0 aromatic rings. The van der Waals surface area contributed by atoms with Crippen LogP contribution in [0.15, 0.2) is 0 Å². The zero-order valence-electron chi connectivity index (χ0n) is 13.5. The molecule has 6 nitrogen and oxygen atoms in total. The molecule has 1 fully saturated rings. The van der Waals surface area contributed by atoms with Crippen LogP contribution in [0.4, 0.5) is 4.79 Å². The van der Waals surface area contributed by atoms with Crippen LogP contribution in [0.25, 0.3) is 0 Å². The van der Waals surface area contributed by atoms with Crippen molar-refractivity contribution >= 4 is 12.0 Å². The monoisotopic (exact) mass is 300 g/mol. The van der Waals surface area contributed by atoms with Gasteiger partial charge in [-0.2, -0.15) is 0 Å². The summed E-state index contributed by atoms with van der Waals surface area (Å²) in [6.07, 6.45) is 0.164. The molecule has 2 N–H and O–H groups in total. The number of likely N-dealkylation sites (tertiary alicyclic amines) is 1. The number of aliphatic hydroxyl groups excluding tert-OH is 1.